The van der Waals surface area contributed by atoms with Crippen molar-refractivity contribution in [1.29, 1.82) is 0 Å². The lowest BCUT2D eigenvalue weighted by atomic mass is 9.85. The lowest BCUT2D eigenvalue weighted by molar-refractivity contribution is 0.0925. The smallest absolute Gasteiger partial charge is 0.176 e. The summed E-state index contributed by atoms with van der Waals surface area (Å²) in [4.78, 5) is 14.3. The number of Topliss-reactive ketones (excluding diaryl/α,β-unsaturated/α-hetero) is 1. The molecule has 1 saturated carbocycles. The van der Waals surface area contributed by atoms with E-state index < -0.39 is 0 Å². The van der Waals surface area contributed by atoms with E-state index >= 15 is 0 Å². The van der Waals surface area contributed by atoms with Crippen LogP contribution in [0.2, 0.25) is 0 Å². The highest BCUT2D eigenvalue weighted by molar-refractivity contribution is 5.97. The standard InChI is InChI=1S/C16H23NO/c1-12-7-8-15(9-13(12)2)16(18)11-17(3)10-14-5-4-6-14/h7-9,14H,4-6,10-11H2,1-3H3. The number of nitrogens with zero attached hydrogens (tertiary/aromatic N) is 1. The Morgan fingerprint density at radius 3 is 2.56 bits per heavy atom. The van der Waals surface area contributed by atoms with Gasteiger partial charge in [0.15, 0.2) is 5.78 Å². The third-order valence-electron chi connectivity index (χ3n) is 4.04. The minimum absolute atomic E-state index is 0.236. The SMILES string of the molecule is Cc1ccc(C(=O)CN(C)CC2CCC2)cc1C. The highest BCUT2D eigenvalue weighted by Gasteiger charge is 2.20. The zero-order chi connectivity index (χ0) is 13.1. The molecule has 0 aliphatic heterocycles. The van der Waals surface area contributed by atoms with E-state index in [2.05, 4.69) is 25.8 Å². The summed E-state index contributed by atoms with van der Waals surface area (Å²) >= 11 is 0. The van der Waals surface area contributed by atoms with Crippen LogP contribution in [0.15, 0.2) is 18.2 Å². The molecular weight excluding hydrogens is 222 g/mol. The molecule has 0 heterocycles. The first kappa shape index (κ1) is 13.3. The van der Waals surface area contributed by atoms with Gasteiger partial charge in [0.2, 0.25) is 0 Å². The molecule has 0 spiro atoms. The quantitative estimate of drug-likeness (QED) is 0.742. The molecule has 1 aliphatic carbocycles. The Labute approximate surface area is 110 Å². The normalized spacial score (nSPS) is 15.8. The first-order chi connectivity index (χ1) is 8.56. The molecule has 0 radical (unpaired) electrons. The van der Waals surface area contributed by atoms with Gasteiger partial charge in [-0.15, -0.1) is 0 Å². The lowest BCUT2D eigenvalue weighted by Crippen LogP contribution is -2.33. The van der Waals surface area contributed by atoms with Crippen LogP contribution in [0, 0.1) is 19.8 Å². The second-order valence-electron chi connectivity index (χ2n) is 5.72. The van der Waals surface area contributed by atoms with E-state index in [9.17, 15) is 4.79 Å². The largest absolute Gasteiger partial charge is 0.299 e. The molecule has 2 rings (SSSR count). The lowest BCUT2D eigenvalue weighted by Gasteiger charge is -2.29. The van der Waals surface area contributed by atoms with Crippen LogP contribution in [0.4, 0.5) is 0 Å². The van der Waals surface area contributed by atoms with Gasteiger partial charge >= 0.3 is 0 Å². The van der Waals surface area contributed by atoms with Crippen LogP contribution in [-0.2, 0) is 0 Å². The van der Waals surface area contributed by atoms with Crippen LogP contribution in [0.1, 0.15) is 40.7 Å². The summed E-state index contributed by atoms with van der Waals surface area (Å²) in [6.45, 7) is 5.74. The monoisotopic (exact) mass is 245 g/mol. The summed E-state index contributed by atoms with van der Waals surface area (Å²) in [7, 11) is 2.05. The minimum atomic E-state index is 0.236. The average Bonchev–Trinajstić information content (AvgIpc) is 2.27. The van der Waals surface area contributed by atoms with Crippen LogP contribution in [0.3, 0.4) is 0 Å². The Kier molecular flexibility index (Phi) is 4.18. The van der Waals surface area contributed by atoms with Gasteiger partial charge in [0, 0.05) is 12.1 Å². The topological polar surface area (TPSA) is 20.3 Å². The molecule has 0 amide bonds. The molecule has 98 valence electrons. The number of carbonyl (C=O) groups excluding carboxylic acids is 1. The number of carbonyl (C=O) groups is 1. The summed E-state index contributed by atoms with van der Waals surface area (Å²) in [5, 5.41) is 0. The number of hydrogen-bond acceptors (Lipinski definition) is 2. The van der Waals surface area contributed by atoms with Crippen molar-refractivity contribution >= 4 is 5.78 Å². The maximum Gasteiger partial charge on any atom is 0.176 e. The summed E-state index contributed by atoms with van der Waals surface area (Å²) in [5.74, 6) is 1.06. The Morgan fingerprint density at radius 1 is 1.28 bits per heavy atom. The molecule has 1 aromatic carbocycles. The van der Waals surface area contributed by atoms with Crippen LogP contribution >= 0.6 is 0 Å². The van der Waals surface area contributed by atoms with Crippen molar-refractivity contribution < 1.29 is 4.79 Å². The molecule has 0 aromatic heterocycles. The van der Waals surface area contributed by atoms with Crippen LogP contribution in [-0.4, -0.2) is 30.8 Å². The molecule has 0 saturated heterocycles. The first-order valence-electron chi connectivity index (χ1n) is 6.85. The second kappa shape index (κ2) is 5.66. The molecule has 1 fully saturated rings. The van der Waals surface area contributed by atoms with Crippen LogP contribution < -0.4 is 0 Å². The van der Waals surface area contributed by atoms with Gasteiger partial charge in [0.25, 0.3) is 0 Å². The van der Waals surface area contributed by atoms with Crippen molar-refractivity contribution in [3.05, 3.63) is 34.9 Å². The van der Waals surface area contributed by atoms with Gasteiger partial charge in [-0.05, 0) is 56.8 Å². The molecule has 1 aromatic rings. The van der Waals surface area contributed by atoms with Gasteiger partial charge in [0.05, 0.1) is 6.54 Å². The first-order valence-corrected chi connectivity index (χ1v) is 6.85. The predicted molar refractivity (Wildman–Crippen MR) is 75.1 cm³/mol. The summed E-state index contributed by atoms with van der Waals surface area (Å²) < 4.78 is 0. The van der Waals surface area contributed by atoms with E-state index in [0.717, 1.165) is 18.0 Å². The fourth-order valence-electron chi connectivity index (χ4n) is 2.43. The Morgan fingerprint density at radius 2 is 2.00 bits per heavy atom. The van der Waals surface area contributed by atoms with E-state index in [1.165, 1.54) is 30.4 Å². The van der Waals surface area contributed by atoms with E-state index in [-0.39, 0.29) is 5.78 Å². The van der Waals surface area contributed by atoms with Gasteiger partial charge in [0.1, 0.15) is 0 Å². The Balaban J connectivity index is 1.91. The fourth-order valence-corrected chi connectivity index (χ4v) is 2.43. The number of rotatable bonds is 5. The van der Waals surface area contributed by atoms with Crippen molar-refractivity contribution in [2.24, 2.45) is 5.92 Å². The summed E-state index contributed by atoms with van der Waals surface area (Å²) in [5.41, 5.74) is 3.29. The molecule has 0 N–H and O–H groups in total. The zero-order valence-corrected chi connectivity index (χ0v) is 11.7. The molecule has 2 nitrogen and oxygen atoms in total. The summed E-state index contributed by atoms with van der Waals surface area (Å²) in [6, 6.07) is 5.99. The van der Waals surface area contributed by atoms with Crippen molar-refractivity contribution in [3.63, 3.8) is 0 Å². The summed E-state index contributed by atoms with van der Waals surface area (Å²) in [6.07, 6.45) is 4.04. The number of ketones is 1. The van der Waals surface area contributed by atoms with Crippen molar-refractivity contribution in [1.82, 2.24) is 4.90 Å². The number of benzene rings is 1. The van der Waals surface area contributed by atoms with Gasteiger partial charge in [-0.1, -0.05) is 18.6 Å². The molecule has 0 atom stereocenters. The van der Waals surface area contributed by atoms with E-state index in [1.807, 2.05) is 18.2 Å². The second-order valence-corrected chi connectivity index (χ2v) is 5.72. The molecule has 0 unspecified atom stereocenters. The fraction of sp³-hybridized carbons (Fsp3) is 0.562. The van der Waals surface area contributed by atoms with E-state index in [0.29, 0.717) is 6.54 Å². The average molecular weight is 245 g/mol. The van der Waals surface area contributed by atoms with Gasteiger partial charge in [-0.3, -0.25) is 9.69 Å². The highest BCUT2D eigenvalue weighted by Crippen LogP contribution is 2.26. The molecule has 0 bridgehead atoms. The van der Waals surface area contributed by atoms with Crippen LogP contribution in [0.5, 0.6) is 0 Å². The molecule has 18 heavy (non-hydrogen) atoms. The van der Waals surface area contributed by atoms with Crippen molar-refractivity contribution in [3.8, 4) is 0 Å². The minimum Gasteiger partial charge on any atom is -0.299 e. The Hall–Kier alpha value is -1.15. The number of hydrogen-bond donors (Lipinski definition) is 0. The molecular formula is C16H23NO. The number of aryl methyl sites for hydroxylation is 2. The zero-order valence-electron chi connectivity index (χ0n) is 11.7. The van der Waals surface area contributed by atoms with Gasteiger partial charge in [-0.2, -0.15) is 0 Å². The third kappa shape index (κ3) is 3.20. The predicted octanol–water partition coefficient (Wildman–Crippen LogP) is 3.22. The van der Waals surface area contributed by atoms with Gasteiger partial charge in [-0.25, -0.2) is 0 Å². The maximum absolute atomic E-state index is 12.2. The highest BCUT2D eigenvalue weighted by atomic mass is 16.1. The van der Waals surface area contributed by atoms with E-state index in [1.54, 1.807) is 0 Å². The van der Waals surface area contributed by atoms with Crippen molar-refractivity contribution in [2.75, 3.05) is 20.1 Å². The molecule has 2 heteroatoms. The van der Waals surface area contributed by atoms with E-state index in [4.69, 9.17) is 0 Å². The van der Waals surface area contributed by atoms with Gasteiger partial charge < -0.3 is 0 Å². The number of likely N-dealkylation sites (N-methyl/N-ethyl adjacent to an activating group) is 1. The van der Waals surface area contributed by atoms with Crippen LogP contribution in [0.25, 0.3) is 0 Å². The van der Waals surface area contributed by atoms with Crippen molar-refractivity contribution in [2.45, 2.75) is 33.1 Å². The Bertz CT molecular complexity index is 435. The third-order valence-corrected chi connectivity index (χ3v) is 4.04. The molecule has 1 aliphatic rings. The maximum atomic E-state index is 12.2.